The maximum absolute atomic E-state index is 11.9. The van der Waals surface area contributed by atoms with Gasteiger partial charge in [-0.15, -0.1) is 0 Å². The minimum atomic E-state index is -0.921. The van der Waals surface area contributed by atoms with Crippen molar-refractivity contribution in [3.8, 4) is 0 Å². The van der Waals surface area contributed by atoms with Crippen molar-refractivity contribution in [2.24, 2.45) is 11.8 Å². The Morgan fingerprint density at radius 1 is 0.862 bits per heavy atom. The van der Waals surface area contributed by atoms with Crippen LogP contribution in [0.15, 0.2) is 54.6 Å². The number of hydrogen-bond donors (Lipinski definition) is 1. The largest absolute Gasteiger partial charge is 0.380 e. The average molecular weight is 392 g/mol. The Morgan fingerprint density at radius 2 is 1.45 bits per heavy atom. The van der Waals surface area contributed by atoms with E-state index in [1.165, 1.54) is 57.2 Å². The summed E-state index contributed by atoms with van der Waals surface area (Å²) in [6, 6.07) is 19.0. The Hall–Kier alpha value is -1.64. The van der Waals surface area contributed by atoms with E-state index in [0.29, 0.717) is 0 Å². The number of unbranched alkanes of at least 4 members (excludes halogenated alkanes) is 1. The third kappa shape index (κ3) is 4.92. The lowest BCUT2D eigenvalue weighted by atomic mass is 9.83. The van der Waals surface area contributed by atoms with E-state index in [2.05, 4.69) is 48.2 Å². The van der Waals surface area contributed by atoms with Crippen LogP contribution in [-0.2, 0) is 12.0 Å². The molecule has 0 radical (unpaired) electrons. The van der Waals surface area contributed by atoms with E-state index >= 15 is 0 Å². The molecule has 2 aliphatic heterocycles. The molecule has 0 spiro atoms. The van der Waals surface area contributed by atoms with Crippen LogP contribution in [0.25, 0.3) is 0 Å². The van der Waals surface area contributed by atoms with Crippen LogP contribution in [0.2, 0.25) is 0 Å². The first-order valence-corrected chi connectivity index (χ1v) is 11.8. The molecule has 2 aromatic carbocycles. The quantitative estimate of drug-likeness (QED) is 0.617. The monoisotopic (exact) mass is 391 g/mol. The number of benzene rings is 2. The summed E-state index contributed by atoms with van der Waals surface area (Å²) in [6.07, 6.45) is 9.94. The minimum Gasteiger partial charge on any atom is -0.380 e. The molecule has 2 nitrogen and oxygen atoms in total. The molecule has 1 saturated carbocycles. The first kappa shape index (κ1) is 20.6. The molecule has 29 heavy (non-hydrogen) atoms. The molecule has 0 amide bonds. The predicted molar refractivity (Wildman–Crippen MR) is 121 cm³/mol. The van der Waals surface area contributed by atoms with Gasteiger partial charge >= 0.3 is 0 Å². The zero-order valence-corrected chi connectivity index (χ0v) is 18.0. The van der Waals surface area contributed by atoms with Gasteiger partial charge in [0.2, 0.25) is 0 Å². The summed E-state index contributed by atoms with van der Waals surface area (Å²) >= 11 is 0. The SMILES string of the molecule is CCCCc1ccc([C@](O)(CCN2CC3CCC(CC3)C2)c2ccccc2)cc1. The molecule has 1 aliphatic carbocycles. The Bertz CT molecular complexity index is 734. The van der Waals surface area contributed by atoms with Gasteiger partial charge in [-0.1, -0.05) is 67.9 Å². The molecular formula is C27H37NO. The summed E-state index contributed by atoms with van der Waals surface area (Å²) in [5.74, 6) is 1.74. The molecule has 1 atom stereocenters. The van der Waals surface area contributed by atoms with Crippen molar-refractivity contribution in [2.75, 3.05) is 19.6 Å². The highest BCUT2D eigenvalue weighted by molar-refractivity contribution is 5.37. The standard InChI is InChI=1S/C27H37NO/c1-2-3-7-22-14-16-26(17-15-22)27(29,25-8-5-4-6-9-25)18-19-28-20-23-10-11-24(21-28)13-12-23/h4-6,8-9,14-17,23-24,29H,2-3,7,10-13,18-21H2,1H3/t23?,24?,27-/m0/s1. The van der Waals surface area contributed by atoms with E-state index in [-0.39, 0.29) is 0 Å². The molecule has 0 aromatic heterocycles. The Balaban J connectivity index is 1.53. The van der Waals surface area contributed by atoms with Crippen LogP contribution in [0.3, 0.4) is 0 Å². The number of hydrogen-bond acceptors (Lipinski definition) is 2. The summed E-state index contributed by atoms with van der Waals surface area (Å²) in [5, 5.41) is 11.9. The number of aliphatic hydroxyl groups is 1. The van der Waals surface area contributed by atoms with Gasteiger partial charge in [0.05, 0.1) is 0 Å². The fourth-order valence-corrected chi connectivity index (χ4v) is 5.40. The Labute approximate surface area is 177 Å². The van der Waals surface area contributed by atoms with Gasteiger partial charge in [-0.2, -0.15) is 0 Å². The van der Waals surface area contributed by atoms with Crippen molar-refractivity contribution in [3.05, 3.63) is 71.3 Å². The smallest absolute Gasteiger partial charge is 0.116 e. The lowest BCUT2D eigenvalue weighted by Gasteiger charge is -2.33. The molecule has 3 fully saturated rings. The van der Waals surface area contributed by atoms with Gasteiger partial charge < -0.3 is 10.0 Å². The molecule has 0 unspecified atom stereocenters. The summed E-state index contributed by atoms with van der Waals surface area (Å²) < 4.78 is 0. The van der Waals surface area contributed by atoms with Crippen molar-refractivity contribution in [3.63, 3.8) is 0 Å². The average Bonchev–Trinajstić information content (AvgIpc) is 3.10. The summed E-state index contributed by atoms with van der Waals surface area (Å²) in [5.41, 5.74) is 2.49. The topological polar surface area (TPSA) is 23.5 Å². The number of aryl methyl sites for hydroxylation is 1. The second-order valence-electron chi connectivity index (χ2n) is 9.42. The summed E-state index contributed by atoms with van der Waals surface area (Å²) in [6.45, 7) is 5.64. The first-order valence-electron chi connectivity index (χ1n) is 11.8. The normalized spacial score (nSPS) is 24.2. The van der Waals surface area contributed by atoms with E-state index < -0.39 is 5.60 Å². The third-order valence-electron chi connectivity index (χ3n) is 7.29. The van der Waals surface area contributed by atoms with Crippen molar-refractivity contribution < 1.29 is 5.11 Å². The van der Waals surface area contributed by atoms with Crippen LogP contribution in [0, 0.1) is 11.8 Å². The van der Waals surface area contributed by atoms with Crippen LogP contribution in [0.1, 0.15) is 68.6 Å². The maximum atomic E-state index is 11.9. The van der Waals surface area contributed by atoms with Crippen molar-refractivity contribution in [1.82, 2.24) is 4.90 Å². The second kappa shape index (κ2) is 9.45. The highest BCUT2D eigenvalue weighted by atomic mass is 16.3. The summed E-state index contributed by atoms with van der Waals surface area (Å²) in [4.78, 5) is 2.64. The van der Waals surface area contributed by atoms with Gasteiger partial charge in [0, 0.05) is 19.6 Å². The van der Waals surface area contributed by atoms with E-state index in [1.807, 2.05) is 18.2 Å². The molecule has 5 rings (SSSR count). The molecule has 156 valence electrons. The molecular weight excluding hydrogens is 354 g/mol. The minimum absolute atomic E-state index is 0.755. The van der Waals surface area contributed by atoms with Gasteiger partial charge in [0.15, 0.2) is 0 Å². The lowest BCUT2D eigenvalue weighted by Crippen LogP contribution is -2.36. The third-order valence-corrected chi connectivity index (χ3v) is 7.29. The van der Waals surface area contributed by atoms with Gasteiger partial charge in [-0.25, -0.2) is 0 Å². The van der Waals surface area contributed by atoms with Crippen molar-refractivity contribution in [1.29, 1.82) is 0 Å². The van der Waals surface area contributed by atoms with Gasteiger partial charge in [-0.3, -0.25) is 0 Å². The van der Waals surface area contributed by atoms with Crippen LogP contribution >= 0.6 is 0 Å². The van der Waals surface area contributed by atoms with Crippen molar-refractivity contribution >= 4 is 0 Å². The van der Waals surface area contributed by atoms with Gasteiger partial charge in [0.1, 0.15) is 5.60 Å². The Morgan fingerprint density at radius 3 is 2.03 bits per heavy atom. The van der Waals surface area contributed by atoms with E-state index in [9.17, 15) is 5.11 Å². The second-order valence-corrected chi connectivity index (χ2v) is 9.42. The van der Waals surface area contributed by atoms with Crippen LogP contribution < -0.4 is 0 Å². The molecule has 3 aliphatic rings. The Kier molecular flexibility index (Phi) is 6.72. The zero-order valence-electron chi connectivity index (χ0n) is 18.0. The molecule has 2 heterocycles. The number of rotatable bonds is 8. The first-order chi connectivity index (χ1) is 14.2. The highest BCUT2D eigenvalue weighted by Gasteiger charge is 2.34. The van der Waals surface area contributed by atoms with Crippen molar-refractivity contribution in [2.45, 2.75) is 63.9 Å². The molecule has 2 aromatic rings. The molecule has 2 heteroatoms. The highest BCUT2D eigenvalue weighted by Crippen LogP contribution is 2.37. The van der Waals surface area contributed by atoms with E-state index in [4.69, 9.17) is 0 Å². The van der Waals surface area contributed by atoms with E-state index in [1.54, 1.807) is 0 Å². The number of fused-ring (bicyclic) bond motifs is 4. The fourth-order valence-electron chi connectivity index (χ4n) is 5.40. The van der Waals surface area contributed by atoms with E-state index in [0.717, 1.165) is 42.3 Å². The van der Waals surface area contributed by atoms with Gasteiger partial charge in [-0.05, 0) is 73.5 Å². The van der Waals surface area contributed by atoms with Crippen LogP contribution in [0.5, 0.6) is 0 Å². The van der Waals surface area contributed by atoms with Gasteiger partial charge in [0.25, 0.3) is 0 Å². The number of nitrogens with zero attached hydrogens (tertiary/aromatic N) is 1. The fraction of sp³-hybridized carbons (Fsp3) is 0.556. The molecule has 2 saturated heterocycles. The maximum Gasteiger partial charge on any atom is 0.116 e. The lowest BCUT2D eigenvalue weighted by molar-refractivity contribution is 0.0558. The van der Waals surface area contributed by atoms with Crippen LogP contribution in [0.4, 0.5) is 0 Å². The molecule has 2 bridgehead atoms. The summed E-state index contributed by atoms with van der Waals surface area (Å²) in [7, 11) is 0. The predicted octanol–water partition coefficient (Wildman–Crippen LogP) is 5.78. The van der Waals surface area contributed by atoms with Crippen LogP contribution in [-0.4, -0.2) is 29.6 Å². The zero-order chi connectivity index (χ0) is 20.1. The molecule has 1 N–H and O–H groups in total.